The van der Waals surface area contributed by atoms with Crippen molar-refractivity contribution in [1.29, 1.82) is 0 Å². The quantitative estimate of drug-likeness (QED) is 0.390. The molecule has 154 valence electrons. The highest BCUT2D eigenvalue weighted by atomic mass is 16.5. The van der Waals surface area contributed by atoms with Crippen molar-refractivity contribution < 1.29 is 18.3 Å². The molecule has 0 unspecified atom stereocenters. The molecule has 2 heterocycles. The minimum absolute atomic E-state index is 0.0997. The van der Waals surface area contributed by atoms with Gasteiger partial charge in [-0.2, -0.15) is 0 Å². The summed E-state index contributed by atoms with van der Waals surface area (Å²) in [5, 5.41) is 0.939. The molecule has 6 heteroatoms. The molecule has 0 spiro atoms. The van der Waals surface area contributed by atoms with E-state index >= 15 is 0 Å². The third-order valence-corrected chi connectivity index (χ3v) is 4.79. The molecule has 4 aromatic rings. The Labute approximate surface area is 172 Å². The van der Waals surface area contributed by atoms with Gasteiger partial charge in [-0.3, -0.25) is 9.59 Å². The number of unbranched alkanes of at least 4 members (excludes halogenated alkanes) is 2. The minimum atomic E-state index is -0.116. The van der Waals surface area contributed by atoms with Crippen LogP contribution in [0.5, 0.6) is 11.5 Å². The van der Waals surface area contributed by atoms with Crippen LogP contribution in [0.25, 0.3) is 21.9 Å². The fourth-order valence-corrected chi connectivity index (χ4v) is 3.39. The molecule has 0 aliphatic rings. The van der Waals surface area contributed by atoms with Crippen molar-refractivity contribution in [1.82, 2.24) is 0 Å². The Morgan fingerprint density at radius 1 is 0.767 bits per heavy atom. The zero-order valence-corrected chi connectivity index (χ0v) is 16.7. The number of benzene rings is 2. The van der Waals surface area contributed by atoms with Crippen LogP contribution in [0.2, 0.25) is 0 Å². The average molecular weight is 406 g/mol. The van der Waals surface area contributed by atoms with Gasteiger partial charge in [0.2, 0.25) is 0 Å². The van der Waals surface area contributed by atoms with Gasteiger partial charge in [0.1, 0.15) is 39.2 Å². The molecule has 0 saturated carbocycles. The van der Waals surface area contributed by atoms with Gasteiger partial charge >= 0.3 is 0 Å². The predicted octanol–water partition coefficient (Wildman–Crippen LogP) is 4.84. The fraction of sp³-hybridized carbons (Fsp3) is 0.250. The van der Waals surface area contributed by atoms with Crippen LogP contribution in [0.3, 0.4) is 0 Å². The third-order valence-electron chi connectivity index (χ3n) is 4.79. The van der Waals surface area contributed by atoms with Gasteiger partial charge in [-0.05, 0) is 50.5 Å². The lowest BCUT2D eigenvalue weighted by Gasteiger charge is -2.10. The number of fused-ring (bicyclic) bond motifs is 2. The maximum absolute atomic E-state index is 12.3. The van der Waals surface area contributed by atoms with E-state index in [4.69, 9.17) is 18.3 Å². The van der Waals surface area contributed by atoms with E-state index in [-0.39, 0.29) is 10.9 Å². The number of hydrogen-bond acceptors (Lipinski definition) is 6. The lowest BCUT2D eigenvalue weighted by molar-refractivity contribution is 0.282. The van der Waals surface area contributed by atoms with Crippen molar-refractivity contribution >= 4 is 21.9 Å². The van der Waals surface area contributed by atoms with Crippen LogP contribution in [0.15, 0.2) is 73.2 Å². The maximum Gasteiger partial charge on any atom is 0.196 e. The molecule has 0 saturated heterocycles. The zero-order chi connectivity index (χ0) is 20.9. The highest BCUT2D eigenvalue weighted by Crippen LogP contribution is 2.24. The molecule has 0 N–H and O–H groups in total. The van der Waals surface area contributed by atoms with Crippen molar-refractivity contribution in [2.24, 2.45) is 0 Å². The molecule has 30 heavy (non-hydrogen) atoms. The average Bonchev–Trinajstić information content (AvgIpc) is 2.73. The first kappa shape index (κ1) is 19.8. The number of aryl methyl sites for hydroxylation is 1. The van der Waals surface area contributed by atoms with Gasteiger partial charge in [0.15, 0.2) is 10.9 Å². The van der Waals surface area contributed by atoms with Crippen molar-refractivity contribution in [3.05, 3.63) is 81.0 Å². The second kappa shape index (κ2) is 8.86. The molecule has 0 fully saturated rings. The van der Waals surface area contributed by atoms with E-state index in [1.807, 2.05) is 6.07 Å². The van der Waals surface area contributed by atoms with Gasteiger partial charge in [0.05, 0.1) is 19.5 Å². The largest absolute Gasteiger partial charge is 0.493 e. The lowest BCUT2D eigenvalue weighted by Crippen LogP contribution is -2.06. The second-order valence-corrected chi connectivity index (χ2v) is 7.02. The molecule has 6 nitrogen and oxygen atoms in total. The first-order valence-corrected chi connectivity index (χ1v) is 9.93. The molecule has 0 aliphatic carbocycles. The summed E-state index contributed by atoms with van der Waals surface area (Å²) in [5.41, 5.74) is 0.834. The van der Waals surface area contributed by atoms with Crippen molar-refractivity contribution in [3.8, 4) is 11.5 Å². The topological polar surface area (TPSA) is 78.9 Å². The van der Waals surface area contributed by atoms with Crippen molar-refractivity contribution in [3.63, 3.8) is 0 Å². The van der Waals surface area contributed by atoms with Crippen LogP contribution in [0.4, 0.5) is 0 Å². The normalized spacial score (nSPS) is 11.1. The molecule has 0 atom stereocenters. The van der Waals surface area contributed by atoms with Gasteiger partial charge < -0.3 is 18.3 Å². The van der Waals surface area contributed by atoms with E-state index in [1.54, 1.807) is 37.3 Å². The molecule has 0 radical (unpaired) electrons. The number of ether oxygens (including phenoxy) is 2. The van der Waals surface area contributed by atoms with Crippen LogP contribution in [-0.4, -0.2) is 13.2 Å². The summed E-state index contributed by atoms with van der Waals surface area (Å²) in [4.78, 5) is 24.3. The van der Waals surface area contributed by atoms with Crippen LogP contribution < -0.4 is 20.3 Å². The molecule has 0 amide bonds. The Balaban J connectivity index is 1.28. The third kappa shape index (κ3) is 4.22. The highest BCUT2D eigenvalue weighted by molar-refractivity contribution is 5.83. The Bertz CT molecular complexity index is 1280. The summed E-state index contributed by atoms with van der Waals surface area (Å²) in [6.07, 6.45) is 3.90. The predicted molar refractivity (Wildman–Crippen MR) is 115 cm³/mol. The Morgan fingerprint density at radius 3 is 2.10 bits per heavy atom. The molecule has 2 aromatic carbocycles. The summed E-state index contributed by atoms with van der Waals surface area (Å²) in [6, 6.07) is 13.5. The standard InChI is InChI=1S/C24H22O6/c1-16-15-18(26)24-21(9-6-10-22(24)30-16)28-13-4-2-3-12-27-19-7-5-8-20-23(19)17(25)11-14-29-20/h5-11,14-15H,2-4,12-13H2,1H3. The number of hydrogen-bond donors (Lipinski definition) is 0. The maximum atomic E-state index is 12.3. The van der Waals surface area contributed by atoms with Crippen molar-refractivity contribution in [2.75, 3.05) is 13.2 Å². The number of rotatable bonds is 8. The smallest absolute Gasteiger partial charge is 0.196 e. The van der Waals surface area contributed by atoms with Crippen molar-refractivity contribution in [2.45, 2.75) is 26.2 Å². The molecule has 0 aliphatic heterocycles. The highest BCUT2D eigenvalue weighted by Gasteiger charge is 2.09. The Morgan fingerprint density at radius 2 is 1.40 bits per heavy atom. The molecular formula is C24H22O6. The second-order valence-electron chi connectivity index (χ2n) is 7.02. The summed E-state index contributed by atoms with van der Waals surface area (Å²) in [5.74, 6) is 1.66. The van der Waals surface area contributed by atoms with Crippen LogP contribution >= 0.6 is 0 Å². The monoisotopic (exact) mass is 406 g/mol. The summed E-state index contributed by atoms with van der Waals surface area (Å²) in [6.45, 7) is 2.73. The lowest BCUT2D eigenvalue weighted by atomic mass is 10.2. The van der Waals surface area contributed by atoms with E-state index < -0.39 is 0 Å². The van der Waals surface area contributed by atoms with Crippen LogP contribution in [0.1, 0.15) is 25.0 Å². The molecule has 0 bridgehead atoms. The molecule has 4 rings (SSSR count). The van der Waals surface area contributed by atoms with Crippen LogP contribution in [0, 0.1) is 6.92 Å². The fourth-order valence-electron chi connectivity index (χ4n) is 3.39. The van der Waals surface area contributed by atoms with Gasteiger partial charge in [-0.1, -0.05) is 12.1 Å². The summed E-state index contributed by atoms with van der Waals surface area (Å²) in [7, 11) is 0. The Kier molecular flexibility index (Phi) is 5.84. The molecular weight excluding hydrogens is 384 g/mol. The SMILES string of the molecule is Cc1cc(=O)c2c(OCCCCCOc3cccc4occc(=O)c34)cccc2o1. The van der Waals surface area contributed by atoms with E-state index in [0.717, 1.165) is 19.3 Å². The molecule has 2 aromatic heterocycles. The summed E-state index contributed by atoms with van der Waals surface area (Å²) >= 11 is 0. The minimum Gasteiger partial charge on any atom is -0.493 e. The first-order valence-electron chi connectivity index (χ1n) is 9.93. The first-order chi connectivity index (χ1) is 14.6. The Hall–Kier alpha value is -3.54. The van der Waals surface area contributed by atoms with E-state index in [1.165, 1.54) is 18.4 Å². The van der Waals surface area contributed by atoms with E-state index in [2.05, 4.69) is 0 Å². The van der Waals surface area contributed by atoms with E-state index in [0.29, 0.717) is 52.4 Å². The van der Waals surface area contributed by atoms with Gasteiger partial charge in [0, 0.05) is 12.1 Å². The van der Waals surface area contributed by atoms with Gasteiger partial charge in [-0.25, -0.2) is 0 Å². The van der Waals surface area contributed by atoms with Crippen LogP contribution in [-0.2, 0) is 0 Å². The zero-order valence-electron chi connectivity index (χ0n) is 16.7. The summed E-state index contributed by atoms with van der Waals surface area (Å²) < 4.78 is 22.6. The van der Waals surface area contributed by atoms with E-state index in [9.17, 15) is 9.59 Å². The van der Waals surface area contributed by atoms with Gasteiger partial charge in [0.25, 0.3) is 0 Å². The van der Waals surface area contributed by atoms with Gasteiger partial charge in [-0.15, -0.1) is 0 Å².